The summed E-state index contributed by atoms with van der Waals surface area (Å²) >= 11 is 0. The van der Waals surface area contributed by atoms with Gasteiger partial charge in [-0.3, -0.25) is 0 Å². The molecule has 0 aromatic rings. The van der Waals surface area contributed by atoms with E-state index in [9.17, 15) is 0 Å². The Bertz CT molecular complexity index is 119. The van der Waals surface area contributed by atoms with Crippen LogP contribution in [-0.4, -0.2) is 25.3 Å². The van der Waals surface area contributed by atoms with Gasteiger partial charge in [-0.05, 0) is 19.8 Å². The quantitative estimate of drug-likeness (QED) is 0.605. The van der Waals surface area contributed by atoms with Gasteiger partial charge in [0, 0.05) is 19.2 Å². The number of rotatable bonds is 5. The van der Waals surface area contributed by atoms with E-state index in [0.29, 0.717) is 12.1 Å². The van der Waals surface area contributed by atoms with Crippen molar-refractivity contribution >= 4 is 0 Å². The fourth-order valence-corrected chi connectivity index (χ4v) is 1.35. The molecular weight excluding hydrogens is 138 g/mol. The fourth-order valence-electron chi connectivity index (χ4n) is 1.35. The Kier molecular flexibility index (Phi) is 3.60. The monoisotopic (exact) mass is 155 g/mol. The number of hydrogen-bond donors (Lipinski definition) is 1. The van der Waals surface area contributed by atoms with E-state index in [4.69, 9.17) is 4.74 Å². The van der Waals surface area contributed by atoms with Gasteiger partial charge in [-0.25, -0.2) is 0 Å². The zero-order valence-electron chi connectivity index (χ0n) is 7.18. The molecule has 2 heteroatoms. The predicted octanol–water partition coefficient (Wildman–Crippen LogP) is 1.33. The van der Waals surface area contributed by atoms with Crippen LogP contribution in [0.3, 0.4) is 0 Å². The van der Waals surface area contributed by atoms with E-state index >= 15 is 0 Å². The van der Waals surface area contributed by atoms with Crippen molar-refractivity contribution in [3.63, 3.8) is 0 Å². The summed E-state index contributed by atoms with van der Waals surface area (Å²) in [6.45, 7) is 7.46. The van der Waals surface area contributed by atoms with E-state index in [2.05, 4.69) is 11.9 Å². The van der Waals surface area contributed by atoms with E-state index in [1.807, 2.05) is 13.0 Å². The molecule has 11 heavy (non-hydrogen) atoms. The molecule has 0 unspecified atom stereocenters. The molecule has 0 aromatic heterocycles. The molecule has 2 nitrogen and oxygen atoms in total. The molecule has 1 aliphatic carbocycles. The standard InChI is InChI=1S/C9H17NO/c1-3-5-10-8-6-9(7-8)11-4-2/h3,8-10H,1,4-7H2,2H3. The molecule has 0 radical (unpaired) electrons. The Balaban J connectivity index is 1.95. The van der Waals surface area contributed by atoms with Crippen molar-refractivity contribution in [2.45, 2.75) is 31.9 Å². The number of hydrogen-bond acceptors (Lipinski definition) is 2. The summed E-state index contributed by atoms with van der Waals surface area (Å²) in [5, 5.41) is 3.36. The van der Waals surface area contributed by atoms with Crippen molar-refractivity contribution in [1.29, 1.82) is 0 Å². The topological polar surface area (TPSA) is 21.3 Å². The summed E-state index contributed by atoms with van der Waals surface area (Å²) in [6, 6.07) is 0.671. The second-order valence-electron chi connectivity index (χ2n) is 2.94. The molecule has 0 aliphatic heterocycles. The molecule has 0 heterocycles. The minimum Gasteiger partial charge on any atom is -0.378 e. The zero-order chi connectivity index (χ0) is 8.10. The van der Waals surface area contributed by atoms with Gasteiger partial charge in [0.15, 0.2) is 0 Å². The summed E-state index contributed by atoms with van der Waals surface area (Å²) in [7, 11) is 0. The first-order valence-electron chi connectivity index (χ1n) is 4.32. The van der Waals surface area contributed by atoms with E-state index in [0.717, 1.165) is 13.2 Å². The summed E-state index contributed by atoms with van der Waals surface area (Å²) < 4.78 is 5.42. The lowest BCUT2D eigenvalue weighted by Crippen LogP contribution is -2.45. The lowest BCUT2D eigenvalue weighted by atomic mass is 9.89. The Morgan fingerprint density at radius 3 is 2.91 bits per heavy atom. The summed E-state index contributed by atoms with van der Waals surface area (Å²) in [5.74, 6) is 0. The van der Waals surface area contributed by atoms with Crippen molar-refractivity contribution in [3.8, 4) is 0 Å². The summed E-state index contributed by atoms with van der Waals surface area (Å²) in [4.78, 5) is 0. The first kappa shape index (κ1) is 8.75. The predicted molar refractivity (Wildman–Crippen MR) is 46.6 cm³/mol. The Morgan fingerprint density at radius 2 is 2.36 bits per heavy atom. The third-order valence-corrected chi connectivity index (χ3v) is 2.05. The van der Waals surface area contributed by atoms with Crippen molar-refractivity contribution in [2.75, 3.05) is 13.2 Å². The molecule has 1 N–H and O–H groups in total. The van der Waals surface area contributed by atoms with Crippen LogP contribution in [0.1, 0.15) is 19.8 Å². The van der Waals surface area contributed by atoms with Gasteiger partial charge in [-0.1, -0.05) is 6.08 Å². The molecular formula is C9H17NO. The highest BCUT2D eigenvalue weighted by atomic mass is 16.5. The highest BCUT2D eigenvalue weighted by Gasteiger charge is 2.28. The van der Waals surface area contributed by atoms with Crippen LogP contribution < -0.4 is 5.32 Å². The maximum absolute atomic E-state index is 5.42. The largest absolute Gasteiger partial charge is 0.378 e. The lowest BCUT2D eigenvalue weighted by molar-refractivity contribution is -0.00898. The van der Waals surface area contributed by atoms with Gasteiger partial charge < -0.3 is 10.1 Å². The van der Waals surface area contributed by atoms with Gasteiger partial charge in [0.05, 0.1) is 6.10 Å². The van der Waals surface area contributed by atoms with E-state index in [1.165, 1.54) is 12.8 Å². The van der Waals surface area contributed by atoms with Crippen LogP contribution in [-0.2, 0) is 4.74 Å². The molecule has 0 saturated heterocycles. The molecule has 1 saturated carbocycles. The number of nitrogens with one attached hydrogen (secondary N) is 1. The Hall–Kier alpha value is -0.340. The van der Waals surface area contributed by atoms with Crippen molar-refractivity contribution in [1.82, 2.24) is 5.32 Å². The third kappa shape index (κ3) is 2.64. The summed E-state index contributed by atoms with van der Waals surface area (Å²) in [6.07, 6.45) is 4.75. The van der Waals surface area contributed by atoms with Gasteiger partial charge in [0.1, 0.15) is 0 Å². The van der Waals surface area contributed by atoms with Gasteiger partial charge in [0.2, 0.25) is 0 Å². The van der Waals surface area contributed by atoms with Crippen molar-refractivity contribution < 1.29 is 4.74 Å². The maximum atomic E-state index is 5.42. The van der Waals surface area contributed by atoms with Crippen LogP contribution >= 0.6 is 0 Å². The molecule has 0 bridgehead atoms. The van der Waals surface area contributed by atoms with Crippen molar-refractivity contribution in [3.05, 3.63) is 12.7 Å². The molecule has 1 fully saturated rings. The van der Waals surface area contributed by atoms with E-state index in [1.54, 1.807) is 0 Å². The second kappa shape index (κ2) is 4.52. The molecule has 0 aromatic carbocycles. The van der Waals surface area contributed by atoms with Crippen LogP contribution in [0.5, 0.6) is 0 Å². The molecule has 0 amide bonds. The van der Waals surface area contributed by atoms with Gasteiger partial charge in [-0.15, -0.1) is 6.58 Å². The zero-order valence-corrected chi connectivity index (χ0v) is 7.18. The van der Waals surface area contributed by atoms with Gasteiger partial charge >= 0.3 is 0 Å². The van der Waals surface area contributed by atoms with E-state index in [-0.39, 0.29) is 0 Å². The minimum atomic E-state index is 0.516. The van der Waals surface area contributed by atoms with Crippen LogP contribution in [0, 0.1) is 0 Å². The van der Waals surface area contributed by atoms with E-state index < -0.39 is 0 Å². The molecule has 0 spiro atoms. The minimum absolute atomic E-state index is 0.516. The second-order valence-corrected chi connectivity index (χ2v) is 2.94. The third-order valence-electron chi connectivity index (χ3n) is 2.05. The SMILES string of the molecule is C=CCNC1CC(OCC)C1. The van der Waals surface area contributed by atoms with Gasteiger partial charge in [0.25, 0.3) is 0 Å². The average molecular weight is 155 g/mol. The highest BCUT2D eigenvalue weighted by molar-refractivity contribution is 4.87. The normalized spacial score (nSPS) is 29.5. The summed E-state index contributed by atoms with van der Waals surface area (Å²) in [5.41, 5.74) is 0. The highest BCUT2D eigenvalue weighted by Crippen LogP contribution is 2.22. The first-order valence-corrected chi connectivity index (χ1v) is 4.32. The van der Waals surface area contributed by atoms with Crippen LogP contribution in [0.2, 0.25) is 0 Å². The maximum Gasteiger partial charge on any atom is 0.0604 e. The number of ether oxygens (including phenoxy) is 1. The first-order chi connectivity index (χ1) is 5.36. The Labute approximate surface area is 68.6 Å². The molecule has 64 valence electrons. The Morgan fingerprint density at radius 1 is 1.64 bits per heavy atom. The van der Waals surface area contributed by atoms with Crippen molar-refractivity contribution in [2.24, 2.45) is 0 Å². The van der Waals surface area contributed by atoms with Gasteiger partial charge in [-0.2, -0.15) is 0 Å². The average Bonchev–Trinajstić information content (AvgIpc) is 1.94. The van der Waals surface area contributed by atoms with Crippen LogP contribution in [0.4, 0.5) is 0 Å². The lowest BCUT2D eigenvalue weighted by Gasteiger charge is -2.35. The smallest absolute Gasteiger partial charge is 0.0604 e. The van der Waals surface area contributed by atoms with Crippen LogP contribution in [0.25, 0.3) is 0 Å². The molecule has 0 atom stereocenters. The molecule has 1 aliphatic rings. The fraction of sp³-hybridized carbons (Fsp3) is 0.778. The molecule has 1 rings (SSSR count). The van der Waals surface area contributed by atoms with Crippen LogP contribution in [0.15, 0.2) is 12.7 Å².